The normalized spacial score (nSPS) is 12.9. The zero-order valence-corrected chi connectivity index (χ0v) is 12.4. The molecule has 0 radical (unpaired) electrons. The van der Waals surface area contributed by atoms with Crippen molar-refractivity contribution in [1.29, 1.82) is 0 Å². The van der Waals surface area contributed by atoms with Gasteiger partial charge in [0.25, 0.3) is 5.91 Å². The van der Waals surface area contributed by atoms with Crippen LogP contribution in [0.1, 0.15) is 28.0 Å². The molecule has 2 N–H and O–H groups in total. The molecule has 0 saturated heterocycles. The Hall–Kier alpha value is -3.02. The third-order valence-electron chi connectivity index (χ3n) is 4.00. The fraction of sp³-hybridized carbons (Fsp3) is 0.176. The van der Waals surface area contributed by atoms with Crippen molar-refractivity contribution in [1.82, 2.24) is 19.9 Å². The van der Waals surface area contributed by atoms with Crippen LogP contribution in [0.25, 0.3) is 11.3 Å². The van der Waals surface area contributed by atoms with E-state index < -0.39 is 0 Å². The molecule has 3 aromatic rings. The van der Waals surface area contributed by atoms with Gasteiger partial charge in [0, 0.05) is 36.0 Å². The van der Waals surface area contributed by atoms with E-state index in [-0.39, 0.29) is 5.91 Å². The first kappa shape index (κ1) is 13.6. The topological polar surface area (TPSA) is 83.6 Å². The van der Waals surface area contributed by atoms with Gasteiger partial charge in [0.2, 0.25) is 5.95 Å². The van der Waals surface area contributed by atoms with E-state index in [1.165, 1.54) is 5.56 Å². The number of fused-ring (bicyclic) bond motifs is 3. The van der Waals surface area contributed by atoms with Gasteiger partial charge in [0.15, 0.2) is 0 Å². The lowest BCUT2D eigenvalue weighted by molar-refractivity contribution is 0.102. The van der Waals surface area contributed by atoms with E-state index in [0.717, 1.165) is 36.2 Å². The molecule has 0 atom stereocenters. The third-order valence-corrected chi connectivity index (χ3v) is 4.00. The van der Waals surface area contributed by atoms with Gasteiger partial charge in [-0.05, 0) is 37.0 Å². The smallest absolute Gasteiger partial charge is 0.260 e. The van der Waals surface area contributed by atoms with E-state index in [2.05, 4.69) is 31.3 Å². The SMILES string of the molecule is O=C(Nc1ncccn1)c1c[nH]c2c1-c1ncccc1CCC2. The fourth-order valence-corrected chi connectivity index (χ4v) is 2.97. The molecule has 1 aliphatic carbocycles. The average Bonchev–Trinajstić information content (AvgIpc) is 2.92. The second kappa shape index (κ2) is 5.64. The number of H-pyrrole nitrogens is 1. The monoisotopic (exact) mass is 305 g/mol. The number of pyridine rings is 1. The number of rotatable bonds is 2. The molecule has 0 saturated carbocycles. The summed E-state index contributed by atoms with van der Waals surface area (Å²) in [5, 5.41) is 2.74. The summed E-state index contributed by atoms with van der Waals surface area (Å²) in [5.74, 6) is 0.0644. The number of hydrogen-bond acceptors (Lipinski definition) is 4. The summed E-state index contributed by atoms with van der Waals surface area (Å²) in [6.45, 7) is 0. The van der Waals surface area contributed by atoms with Gasteiger partial charge in [-0.2, -0.15) is 0 Å². The molecule has 0 aromatic carbocycles. The molecule has 1 aliphatic rings. The van der Waals surface area contributed by atoms with E-state index in [1.54, 1.807) is 30.9 Å². The molecule has 3 heterocycles. The quantitative estimate of drug-likeness (QED) is 0.762. The van der Waals surface area contributed by atoms with Crippen molar-refractivity contribution in [2.45, 2.75) is 19.3 Å². The number of aromatic nitrogens is 4. The molecule has 114 valence electrons. The number of carbonyl (C=O) groups excluding carboxylic acids is 1. The molecule has 0 fully saturated rings. The summed E-state index contributed by atoms with van der Waals surface area (Å²) in [7, 11) is 0. The van der Waals surface area contributed by atoms with Crippen LogP contribution in [0, 0.1) is 0 Å². The lowest BCUT2D eigenvalue weighted by Gasteiger charge is -2.08. The lowest BCUT2D eigenvalue weighted by atomic mass is 10.0. The summed E-state index contributed by atoms with van der Waals surface area (Å²) >= 11 is 0. The summed E-state index contributed by atoms with van der Waals surface area (Å²) in [4.78, 5) is 28.4. The largest absolute Gasteiger partial charge is 0.364 e. The number of anilines is 1. The molecular weight excluding hydrogens is 290 g/mol. The van der Waals surface area contributed by atoms with Crippen molar-refractivity contribution in [3.63, 3.8) is 0 Å². The van der Waals surface area contributed by atoms with E-state index in [1.807, 2.05) is 6.07 Å². The van der Waals surface area contributed by atoms with Crippen molar-refractivity contribution >= 4 is 11.9 Å². The van der Waals surface area contributed by atoms with Gasteiger partial charge >= 0.3 is 0 Å². The van der Waals surface area contributed by atoms with Crippen molar-refractivity contribution < 1.29 is 4.79 Å². The lowest BCUT2D eigenvalue weighted by Crippen LogP contribution is -2.14. The van der Waals surface area contributed by atoms with Gasteiger partial charge in [-0.3, -0.25) is 15.1 Å². The van der Waals surface area contributed by atoms with Crippen LogP contribution in [0.5, 0.6) is 0 Å². The molecule has 0 bridgehead atoms. The van der Waals surface area contributed by atoms with Crippen LogP contribution >= 0.6 is 0 Å². The van der Waals surface area contributed by atoms with Gasteiger partial charge in [-0.1, -0.05) is 6.07 Å². The van der Waals surface area contributed by atoms with Crippen molar-refractivity contribution in [2.75, 3.05) is 5.32 Å². The highest BCUT2D eigenvalue weighted by molar-refractivity contribution is 6.08. The van der Waals surface area contributed by atoms with Crippen LogP contribution in [-0.2, 0) is 12.8 Å². The Bertz CT molecular complexity index is 856. The van der Waals surface area contributed by atoms with Crippen molar-refractivity contribution in [2.24, 2.45) is 0 Å². The van der Waals surface area contributed by atoms with Gasteiger partial charge in [-0.15, -0.1) is 0 Å². The van der Waals surface area contributed by atoms with Crippen LogP contribution in [0.2, 0.25) is 0 Å². The Kier molecular flexibility index (Phi) is 3.34. The number of carbonyl (C=O) groups is 1. The van der Waals surface area contributed by atoms with Gasteiger partial charge in [0.05, 0.1) is 11.3 Å². The first-order valence-electron chi connectivity index (χ1n) is 7.56. The zero-order chi connectivity index (χ0) is 15.6. The van der Waals surface area contributed by atoms with Crippen LogP contribution in [-0.4, -0.2) is 25.8 Å². The fourth-order valence-electron chi connectivity index (χ4n) is 2.97. The first-order valence-corrected chi connectivity index (χ1v) is 7.56. The van der Waals surface area contributed by atoms with Crippen LogP contribution in [0.3, 0.4) is 0 Å². The molecule has 6 nitrogen and oxygen atoms in total. The second-order valence-corrected chi connectivity index (χ2v) is 5.45. The number of nitrogens with one attached hydrogen (secondary N) is 2. The number of aryl methyl sites for hydroxylation is 2. The molecule has 4 rings (SSSR count). The van der Waals surface area contributed by atoms with E-state index in [9.17, 15) is 4.79 Å². The predicted octanol–water partition coefficient (Wildman–Crippen LogP) is 2.61. The summed E-state index contributed by atoms with van der Waals surface area (Å²) < 4.78 is 0. The number of nitrogens with zero attached hydrogens (tertiary/aromatic N) is 3. The number of hydrogen-bond donors (Lipinski definition) is 2. The van der Waals surface area contributed by atoms with Gasteiger partial charge < -0.3 is 4.98 Å². The molecule has 0 spiro atoms. The predicted molar refractivity (Wildman–Crippen MR) is 86.0 cm³/mol. The van der Waals surface area contributed by atoms with Crippen molar-refractivity contribution in [3.05, 3.63) is 59.8 Å². The third kappa shape index (κ3) is 2.48. The average molecular weight is 305 g/mol. The Balaban J connectivity index is 1.76. The van der Waals surface area contributed by atoms with E-state index >= 15 is 0 Å². The number of amides is 1. The molecular formula is C17H15N5O. The molecule has 1 amide bonds. The van der Waals surface area contributed by atoms with Crippen LogP contribution < -0.4 is 5.32 Å². The van der Waals surface area contributed by atoms with Crippen molar-refractivity contribution in [3.8, 4) is 11.3 Å². The Morgan fingerprint density at radius 1 is 1.09 bits per heavy atom. The van der Waals surface area contributed by atoms with Gasteiger partial charge in [-0.25, -0.2) is 9.97 Å². The van der Waals surface area contributed by atoms with Gasteiger partial charge in [0.1, 0.15) is 0 Å². The minimum atomic E-state index is -0.229. The summed E-state index contributed by atoms with van der Waals surface area (Å²) in [5.41, 5.74) is 4.60. The molecule has 23 heavy (non-hydrogen) atoms. The highest BCUT2D eigenvalue weighted by Crippen LogP contribution is 2.33. The molecule has 0 aliphatic heterocycles. The minimum absolute atomic E-state index is 0.229. The standard InChI is InChI=1S/C17H15N5O/c23-16(22-17-19-8-3-9-20-17)12-10-21-13-6-1-4-11-5-2-7-18-15(11)14(12)13/h2-3,5,7-10,21H,1,4,6H2,(H,19,20,22,23). The first-order chi connectivity index (χ1) is 11.3. The maximum atomic E-state index is 12.6. The van der Waals surface area contributed by atoms with Crippen LogP contribution in [0.4, 0.5) is 5.95 Å². The Morgan fingerprint density at radius 3 is 2.78 bits per heavy atom. The highest BCUT2D eigenvalue weighted by atomic mass is 16.1. The molecule has 3 aromatic heterocycles. The second-order valence-electron chi connectivity index (χ2n) is 5.45. The maximum Gasteiger partial charge on any atom is 0.260 e. The molecule has 6 heteroatoms. The number of aromatic amines is 1. The maximum absolute atomic E-state index is 12.6. The Labute approximate surface area is 133 Å². The zero-order valence-electron chi connectivity index (χ0n) is 12.4. The van der Waals surface area contributed by atoms with Crippen LogP contribution in [0.15, 0.2) is 43.0 Å². The van der Waals surface area contributed by atoms with E-state index in [0.29, 0.717) is 11.5 Å². The summed E-state index contributed by atoms with van der Waals surface area (Å²) in [6.07, 6.45) is 9.61. The summed E-state index contributed by atoms with van der Waals surface area (Å²) in [6, 6.07) is 5.72. The molecule has 0 unspecified atom stereocenters. The Morgan fingerprint density at radius 2 is 1.91 bits per heavy atom. The van der Waals surface area contributed by atoms with E-state index in [4.69, 9.17) is 0 Å². The highest BCUT2D eigenvalue weighted by Gasteiger charge is 2.24. The minimum Gasteiger partial charge on any atom is -0.364 e.